The van der Waals surface area contributed by atoms with Gasteiger partial charge >= 0.3 is 0 Å². The monoisotopic (exact) mass is 359 g/mol. The summed E-state index contributed by atoms with van der Waals surface area (Å²) in [5, 5.41) is 0.768. The highest BCUT2D eigenvalue weighted by Gasteiger charge is 2.40. The fraction of sp³-hybridized carbons (Fsp3) is 0.625. The third-order valence-corrected chi connectivity index (χ3v) is 5.37. The van der Waals surface area contributed by atoms with E-state index in [9.17, 15) is 0 Å². The lowest BCUT2D eigenvalue weighted by atomic mass is 9.73. The lowest BCUT2D eigenvalue weighted by molar-refractivity contribution is -0.0705. The molecular weight excluding hydrogens is 338 g/mol. The van der Waals surface area contributed by atoms with E-state index in [1.165, 1.54) is 12.8 Å². The Morgan fingerprint density at radius 1 is 1.55 bits per heavy atom. The van der Waals surface area contributed by atoms with Crippen molar-refractivity contribution in [2.45, 2.75) is 50.7 Å². The van der Waals surface area contributed by atoms with Crippen molar-refractivity contribution >= 4 is 27.5 Å². The highest BCUT2D eigenvalue weighted by molar-refractivity contribution is 9.10. The van der Waals surface area contributed by atoms with E-state index < -0.39 is 0 Å². The van der Waals surface area contributed by atoms with E-state index in [0.717, 1.165) is 34.3 Å². The zero-order valence-electron chi connectivity index (χ0n) is 12.2. The molecule has 3 atom stereocenters. The Morgan fingerprint density at radius 2 is 2.30 bits per heavy atom. The van der Waals surface area contributed by atoms with Gasteiger partial charge in [0.1, 0.15) is 0 Å². The van der Waals surface area contributed by atoms with E-state index >= 15 is 0 Å². The average molecular weight is 361 g/mol. The Bertz CT molecular complexity index is 468. The second-order valence-corrected chi connectivity index (χ2v) is 7.34. The van der Waals surface area contributed by atoms with Crippen molar-refractivity contribution in [3.63, 3.8) is 0 Å². The summed E-state index contributed by atoms with van der Waals surface area (Å²) in [5.41, 5.74) is 7.39. The van der Waals surface area contributed by atoms with E-state index in [2.05, 4.69) is 22.9 Å². The molecule has 1 fully saturated rings. The van der Waals surface area contributed by atoms with Gasteiger partial charge < -0.3 is 10.5 Å². The Balaban J connectivity index is 2.14. The number of methoxy groups -OCH3 is 1. The van der Waals surface area contributed by atoms with E-state index in [1.807, 2.05) is 18.2 Å². The molecular formula is C16H23BrClNO. The molecule has 0 amide bonds. The molecule has 1 aromatic rings. The van der Waals surface area contributed by atoms with E-state index in [-0.39, 0.29) is 11.6 Å². The van der Waals surface area contributed by atoms with Gasteiger partial charge in [-0.1, -0.05) is 53.4 Å². The minimum absolute atomic E-state index is 0.0195. The average Bonchev–Trinajstić information content (AvgIpc) is 2.41. The first-order valence-electron chi connectivity index (χ1n) is 7.21. The van der Waals surface area contributed by atoms with Gasteiger partial charge in [0, 0.05) is 22.6 Å². The van der Waals surface area contributed by atoms with Gasteiger partial charge in [-0.2, -0.15) is 0 Å². The van der Waals surface area contributed by atoms with Gasteiger partial charge in [-0.05, 0) is 42.9 Å². The van der Waals surface area contributed by atoms with Crippen LogP contribution in [0, 0.1) is 5.92 Å². The van der Waals surface area contributed by atoms with Crippen LogP contribution in [-0.4, -0.2) is 18.8 Å². The van der Waals surface area contributed by atoms with Crippen molar-refractivity contribution in [3.05, 3.63) is 33.3 Å². The summed E-state index contributed by atoms with van der Waals surface area (Å²) in [7, 11) is 1.79. The van der Waals surface area contributed by atoms with Crippen molar-refractivity contribution in [1.82, 2.24) is 0 Å². The maximum Gasteiger partial charge on any atom is 0.0834 e. The molecule has 0 saturated heterocycles. The Kier molecular flexibility index (Phi) is 5.52. The Labute approximate surface area is 135 Å². The number of hydrogen-bond donors (Lipinski definition) is 1. The Morgan fingerprint density at radius 3 is 2.90 bits per heavy atom. The summed E-state index contributed by atoms with van der Waals surface area (Å²) in [4.78, 5) is 0. The number of benzene rings is 1. The van der Waals surface area contributed by atoms with Gasteiger partial charge in [-0.15, -0.1) is 0 Å². The molecule has 2 N–H and O–H groups in total. The van der Waals surface area contributed by atoms with E-state index in [1.54, 1.807) is 7.11 Å². The van der Waals surface area contributed by atoms with Crippen molar-refractivity contribution in [3.8, 4) is 0 Å². The third-order valence-electron chi connectivity index (χ3n) is 4.53. The predicted molar refractivity (Wildman–Crippen MR) is 88.2 cm³/mol. The molecule has 4 heteroatoms. The quantitative estimate of drug-likeness (QED) is 0.853. The third kappa shape index (κ3) is 3.56. The first kappa shape index (κ1) is 16.3. The van der Waals surface area contributed by atoms with Crippen LogP contribution in [0.1, 0.15) is 38.2 Å². The summed E-state index contributed by atoms with van der Waals surface area (Å²) >= 11 is 9.73. The van der Waals surface area contributed by atoms with Crippen LogP contribution < -0.4 is 5.73 Å². The number of nitrogens with two attached hydrogens (primary N) is 1. The fourth-order valence-electron chi connectivity index (χ4n) is 3.33. The normalized spacial score (nSPS) is 28.4. The molecule has 0 aromatic heterocycles. The first-order valence-corrected chi connectivity index (χ1v) is 8.38. The lowest BCUT2D eigenvalue weighted by Gasteiger charge is -2.43. The minimum atomic E-state index is -0.200. The second-order valence-electron chi connectivity index (χ2n) is 6.02. The topological polar surface area (TPSA) is 35.2 Å². The maximum atomic E-state index is 6.50. The Hall–Kier alpha value is -0.0900. The van der Waals surface area contributed by atoms with Crippen LogP contribution in [0.5, 0.6) is 0 Å². The standard InChI is InChI=1S/C16H23BrClNO/c1-11-4-3-7-16(10-11,20-2)15(19)8-12-5-6-13(17)9-14(12)18/h5-6,9,11,15H,3-4,7-8,10,19H2,1-2H3. The number of halogens is 2. The van der Waals surface area contributed by atoms with Crippen molar-refractivity contribution in [2.24, 2.45) is 11.7 Å². The van der Waals surface area contributed by atoms with Gasteiger partial charge in [0.05, 0.1) is 5.60 Å². The number of rotatable bonds is 4. The van der Waals surface area contributed by atoms with Crippen LogP contribution in [-0.2, 0) is 11.2 Å². The van der Waals surface area contributed by atoms with E-state index in [0.29, 0.717) is 5.92 Å². The molecule has 0 radical (unpaired) electrons. The van der Waals surface area contributed by atoms with Crippen LogP contribution in [0.4, 0.5) is 0 Å². The van der Waals surface area contributed by atoms with Crippen LogP contribution in [0.3, 0.4) is 0 Å². The molecule has 112 valence electrons. The van der Waals surface area contributed by atoms with Crippen LogP contribution >= 0.6 is 27.5 Å². The molecule has 0 spiro atoms. The molecule has 2 nitrogen and oxygen atoms in total. The molecule has 1 aromatic carbocycles. The van der Waals surface area contributed by atoms with Gasteiger partial charge in [0.25, 0.3) is 0 Å². The molecule has 0 heterocycles. The van der Waals surface area contributed by atoms with Crippen molar-refractivity contribution in [2.75, 3.05) is 7.11 Å². The lowest BCUT2D eigenvalue weighted by Crippen LogP contribution is -2.53. The van der Waals surface area contributed by atoms with Crippen molar-refractivity contribution in [1.29, 1.82) is 0 Å². The van der Waals surface area contributed by atoms with Gasteiger partial charge in [-0.25, -0.2) is 0 Å². The minimum Gasteiger partial charge on any atom is -0.377 e. The predicted octanol–water partition coefficient (Wildman–Crippen LogP) is 4.57. The fourth-order valence-corrected chi connectivity index (χ4v) is 4.08. The summed E-state index contributed by atoms with van der Waals surface area (Å²) in [6.07, 6.45) is 5.31. The summed E-state index contributed by atoms with van der Waals surface area (Å²) in [6, 6.07) is 5.96. The smallest absolute Gasteiger partial charge is 0.0834 e. The van der Waals surface area contributed by atoms with Crippen LogP contribution in [0.15, 0.2) is 22.7 Å². The maximum absolute atomic E-state index is 6.50. The molecule has 20 heavy (non-hydrogen) atoms. The zero-order chi connectivity index (χ0) is 14.8. The molecule has 1 aliphatic rings. The zero-order valence-corrected chi connectivity index (χ0v) is 14.5. The molecule has 0 bridgehead atoms. The highest BCUT2D eigenvalue weighted by atomic mass is 79.9. The molecule has 1 saturated carbocycles. The van der Waals surface area contributed by atoms with Crippen molar-refractivity contribution < 1.29 is 4.74 Å². The molecule has 0 aliphatic heterocycles. The largest absolute Gasteiger partial charge is 0.377 e. The summed E-state index contributed by atoms with van der Waals surface area (Å²) in [5.74, 6) is 0.676. The number of hydrogen-bond acceptors (Lipinski definition) is 2. The van der Waals surface area contributed by atoms with Gasteiger partial charge in [0.15, 0.2) is 0 Å². The summed E-state index contributed by atoms with van der Waals surface area (Å²) < 4.78 is 6.86. The highest BCUT2D eigenvalue weighted by Crippen LogP contribution is 2.38. The van der Waals surface area contributed by atoms with Crippen LogP contribution in [0.2, 0.25) is 5.02 Å². The van der Waals surface area contributed by atoms with Gasteiger partial charge in [0.2, 0.25) is 0 Å². The van der Waals surface area contributed by atoms with E-state index in [4.69, 9.17) is 22.1 Å². The number of ether oxygens (including phenoxy) is 1. The van der Waals surface area contributed by atoms with Crippen LogP contribution in [0.25, 0.3) is 0 Å². The van der Waals surface area contributed by atoms with Gasteiger partial charge in [-0.3, -0.25) is 0 Å². The first-order chi connectivity index (χ1) is 9.47. The second kappa shape index (κ2) is 6.78. The molecule has 1 aliphatic carbocycles. The SMILES string of the molecule is COC1(C(N)Cc2ccc(Br)cc2Cl)CCCC(C)C1. The molecule has 2 rings (SSSR count). The molecule has 3 unspecified atom stereocenters. The summed E-state index contributed by atoms with van der Waals surface area (Å²) in [6.45, 7) is 2.28.